The number of anilines is 2. The van der Waals surface area contributed by atoms with E-state index in [4.69, 9.17) is 5.84 Å². The summed E-state index contributed by atoms with van der Waals surface area (Å²) in [5.74, 6) is 6.84. The molecule has 17 heavy (non-hydrogen) atoms. The van der Waals surface area contributed by atoms with Gasteiger partial charge in [-0.1, -0.05) is 6.92 Å². The van der Waals surface area contributed by atoms with Crippen LogP contribution in [0.3, 0.4) is 0 Å². The highest BCUT2D eigenvalue weighted by molar-refractivity contribution is 5.43. The third-order valence-electron chi connectivity index (χ3n) is 3.26. The summed E-state index contributed by atoms with van der Waals surface area (Å²) in [7, 11) is 0. The lowest BCUT2D eigenvalue weighted by Crippen LogP contribution is -2.52. The largest absolute Gasteiger partial charge is 0.352 e. The van der Waals surface area contributed by atoms with Crippen LogP contribution in [0, 0.1) is 0 Å². The van der Waals surface area contributed by atoms with Gasteiger partial charge in [-0.2, -0.15) is 0 Å². The number of likely N-dealkylation sites (N-methyl/N-ethyl adjacent to an activating group) is 1. The van der Waals surface area contributed by atoms with Gasteiger partial charge in [-0.3, -0.25) is 9.88 Å². The molecule has 1 aliphatic heterocycles. The monoisotopic (exact) mass is 236 g/mol. The minimum absolute atomic E-state index is 0.546. The van der Waals surface area contributed by atoms with E-state index in [0.29, 0.717) is 11.9 Å². The van der Waals surface area contributed by atoms with Gasteiger partial charge in [0.2, 0.25) is 0 Å². The predicted octanol–water partition coefficient (Wildman–Crippen LogP) is 0.293. The zero-order valence-electron chi connectivity index (χ0n) is 10.4. The van der Waals surface area contributed by atoms with Crippen LogP contribution < -0.4 is 16.2 Å². The molecule has 0 spiro atoms. The quantitative estimate of drug-likeness (QED) is 0.581. The second-order valence-electron chi connectivity index (χ2n) is 4.33. The molecule has 0 amide bonds. The Kier molecular flexibility index (Phi) is 3.75. The van der Waals surface area contributed by atoms with Crippen molar-refractivity contribution >= 4 is 11.6 Å². The third kappa shape index (κ3) is 2.65. The van der Waals surface area contributed by atoms with E-state index >= 15 is 0 Å². The fourth-order valence-corrected chi connectivity index (χ4v) is 2.25. The number of piperazine rings is 1. The zero-order chi connectivity index (χ0) is 12.3. The van der Waals surface area contributed by atoms with Gasteiger partial charge in [-0.05, 0) is 13.5 Å². The summed E-state index contributed by atoms with van der Waals surface area (Å²) >= 11 is 0. The van der Waals surface area contributed by atoms with Gasteiger partial charge < -0.3 is 10.3 Å². The summed E-state index contributed by atoms with van der Waals surface area (Å²) in [5.41, 5.74) is 2.53. The zero-order valence-corrected chi connectivity index (χ0v) is 10.4. The maximum atomic E-state index is 5.34. The van der Waals surface area contributed by atoms with E-state index in [2.05, 4.69) is 39.0 Å². The molecular weight excluding hydrogens is 216 g/mol. The maximum absolute atomic E-state index is 5.34. The average molecular weight is 236 g/mol. The van der Waals surface area contributed by atoms with E-state index < -0.39 is 0 Å². The number of aromatic nitrogens is 2. The molecule has 0 bridgehead atoms. The van der Waals surface area contributed by atoms with Gasteiger partial charge in [0.1, 0.15) is 5.82 Å². The van der Waals surface area contributed by atoms with Crippen LogP contribution in [0.25, 0.3) is 0 Å². The number of hydrogen-bond acceptors (Lipinski definition) is 6. The molecule has 3 N–H and O–H groups in total. The molecular formula is C11H20N6. The Morgan fingerprint density at radius 1 is 1.47 bits per heavy atom. The highest BCUT2D eigenvalue weighted by atomic mass is 15.3. The topological polar surface area (TPSA) is 70.3 Å². The van der Waals surface area contributed by atoms with Crippen LogP contribution in [0.4, 0.5) is 11.6 Å². The second kappa shape index (κ2) is 5.29. The Morgan fingerprint density at radius 3 is 2.94 bits per heavy atom. The van der Waals surface area contributed by atoms with Crippen LogP contribution in [0.1, 0.15) is 13.8 Å². The third-order valence-corrected chi connectivity index (χ3v) is 3.26. The molecule has 1 aromatic heterocycles. The van der Waals surface area contributed by atoms with Gasteiger partial charge in [0, 0.05) is 25.7 Å². The van der Waals surface area contributed by atoms with Crippen LogP contribution in [0.5, 0.6) is 0 Å². The van der Waals surface area contributed by atoms with E-state index in [-0.39, 0.29) is 0 Å². The van der Waals surface area contributed by atoms with E-state index in [0.717, 1.165) is 32.0 Å². The molecule has 1 atom stereocenters. The molecule has 0 aromatic carbocycles. The molecule has 0 saturated carbocycles. The summed E-state index contributed by atoms with van der Waals surface area (Å²) in [6.07, 6.45) is 3.41. The Labute approximate surface area is 102 Å². The maximum Gasteiger partial charge on any atom is 0.160 e. The van der Waals surface area contributed by atoms with Crippen molar-refractivity contribution in [3.05, 3.63) is 12.4 Å². The van der Waals surface area contributed by atoms with E-state index in [1.165, 1.54) is 0 Å². The standard InChI is InChI=1S/C11H20N6/c1-3-16-4-5-17(8-9(16)2)11-7-13-6-10(14-11)15-12/h6-7,9H,3-5,8,12H2,1-2H3,(H,14,15). The summed E-state index contributed by atoms with van der Waals surface area (Å²) in [4.78, 5) is 13.3. The lowest BCUT2D eigenvalue weighted by atomic mass is 10.2. The summed E-state index contributed by atoms with van der Waals surface area (Å²) in [6, 6.07) is 0.546. The van der Waals surface area contributed by atoms with Crippen molar-refractivity contribution in [2.24, 2.45) is 5.84 Å². The number of nitrogens with two attached hydrogens (primary N) is 1. The first-order chi connectivity index (χ1) is 8.24. The van der Waals surface area contributed by atoms with Crippen molar-refractivity contribution < 1.29 is 0 Å². The molecule has 0 radical (unpaired) electrons. The summed E-state index contributed by atoms with van der Waals surface area (Å²) in [6.45, 7) is 8.58. The molecule has 1 aromatic rings. The van der Waals surface area contributed by atoms with Gasteiger partial charge in [0.15, 0.2) is 5.82 Å². The van der Waals surface area contributed by atoms with E-state index in [1.54, 1.807) is 12.4 Å². The first-order valence-corrected chi connectivity index (χ1v) is 6.02. The van der Waals surface area contributed by atoms with Crippen LogP contribution in [0.15, 0.2) is 12.4 Å². The van der Waals surface area contributed by atoms with Crippen LogP contribution in [-0.4, -0.2) is 47.1 Å². The van der Waals surface area contributed by atoms with Crippen molar-refractivity contribution in [3.63, 3.8) is 0 Å². The van der Waals surface area contributed by atoms with E-state index in [9.17, 15) is 0 Å². The number of rotatable bonds is 3. The second-order valence-corrected chi connectivity index (χ2v) is 4.33. The molecule has 1 saturated heterocycles. The lowest BCUT2D eigenvalue weighted by molar-refractivity contribution is 0.199. The molecule has 2 rings (SSSR count). The fourth-order valence-electron chi connectivity index (χ4n) is 2.25. The van der Waals surface area contributed by atoms with Crippen molar-refractivity contribution in [1.82, 2.24) is 14.9 Å². The smallest absolute Gasteiger partial charge is 0.160 e. The predicted molar refractivity (Wildman–Crippen MR) is 68.8 cm³/mol. The van der Waals surface area contributed by atoms with Crippen LogP contribution >= 0.6 is 0 Å². The van der Waals surface area contributed by atoms with Crippen LogP contribution in [-0.2, 0) is 0 Å². The molecule has 6 nitrogen and oxygen atoms in total. The Hall–Kier alpha value is -1.40. The van der Waals surface area contributed by atoms with Gasteiger partial charge in [0.05, 0.1) is 12.4 Å². The van der Waals surface area contributed by atoms with Crippen molar-refractivity contribution in [2.75, 3.05) is 36.5 Å². The lowest BCUT2D eigenvalue weighted by Gasteiger charge is -2.39. The number of nitrogens with zero attached hydrogens (tertiary/aromatic N) is 4. The van der Waals surface area contributed by atoms with E-state index in [1.807, 2.05) is 0 Å². The Morgan fingerprint density at radius 2 is 2.29 bits per heavy atom. The van der Waals surface area contributed by atoms with Gasteiger partial charge >= 0.3 is 0 Å². The molecule has 1 unspecified atom stereocenters. The first-order valence-electron chi connectivity index (χ1n) is 6.02. The highest BCUT2D eigenvalue weighted by Gasteiger charge is 2.23. The normalized spacial score (nSPS) is 21.6. The number of hydrogen-bond donors (Lipinski definition) is 2. The fraction of sp³-hybridized carbons (Fsp3) is 0.636. The number of hydrazine groups is 1. The minimum Gasteiger partial charge on any atom is -0.352 e. The first kappa shape index (κ1) is 12.1. The molecule has 1 aliphatic rings. The van der Waals surface area contributed by atoms with Crippen LogP contribution in [0.2, 0.25) is 0 Å². The summed E-state index contributed by atoms with van der Waals surface area (Å²) < 4.78 is 0. The molecule has 1 fully saturated rings. The van der Waals surface area contributed by atoms with Crippen molar-refractivity contribution in [3.8, 4) is 0 Å². The van der Waals surface area contributed by atoms with Crippen molar-refractivity contribution in [2.45, 2.75) is 19.9 Å². The highest BCUT2D eigenvalue weighted by Crippen LogP contribution is 2.17. The summed E-state index contributed by atoms with van der Waals surface area (Å²) in [5, 5.41) is 0. The number of nitrogens with one attached hydrogen (secondary N) is 1. The van der Waals surface area contributed by atoms with Gasteiger partial charge in [0.25, 0.3) is 0 Å². The molecule has 0 aliphatic carbocycles. The Balaban J connectivity index is 2.08. The van der Waals surface area contributed by atoms with Gasteiger partial charge in [-0.15, -0.1) is 0 Å². The van der Waals surface area contributed by atoms with Crippen molar-refractivity contribution in [1.29, 1.82) is 0 Å². The minimum atomic E-state index is 0.546. The molecule has 6 heteroatoms. The SMILES string of the molecule is CCN1CCN(c2cncc(NN)n2)CC1C. The number of nitrogen functional groups attached to an aromatic ring is 1. The molecule has 2 heterocycles. The van der Waals surface area contributed by atoms with Gasteiger partial charge in [-0.25, -0.2) is 10.8 Å². The Bertz CT molecular complexity index is 369. The average Bonchev–Trinajstić information content (AvgIpc) is 2.38. The molecule has 94 valence electrons.